The lowest BCUT2D eigenvalue weighted by Crippen LogP contribution is -2.21. The van der Waals surface area contributed by atoms with E-state index < -0.39 is 17.9 Å². The number of hydrogen-bond donors (Lipinski definition) is 1. The van der Waals surface area contributed by atoms with Gasteiger partial charge in [-0.15, -0.1) is 0 Å². The van der Waals surface area contributed by atoms with Crippen molar-refractivity contribution >= 4 is 23.5 Å². The number of carboxylic acids is 1. The molecule has 0 saturated heterocycles. The van der Waals surface area contributed by atoms with Crippen LogP contribution in [-0.4, -0.2) is 33.4 Å². The van der Waals surface area contributed by atoms with E-state index >= 15 is 0 Å². The van der Waals surface area contributed by atoms with Crippen LogP contribution in [0.25, 0.3) is 16.9 Å². The van der Waals surface area contributed by atoms with Gasteiger partial charge in [-0.25, -0.2) is 4.68 Å². The maximum atomic E-state index is 12.7. The zero-order valence-corrected chi connectivity index (χ0v) is 18.4. The minimum absolute atomic E-state index is 0.0497. The number of hydrogen-bond acceptors (Lipinski definition) is 4. The van der Waals surface area contributed by atoms with Crippen LogP contribution in [0.5, 0.6) is 0 Å². The summed E-state index contributed by atoms with van der Waals surface area (Å²) in [4.78, 5) is 24.4. The van der Waals surface area contributed by atoms with Gasteiger partial charge in [-0.2, -0.15) is 5.10 Å². The van der Waals surface area contributed by atoms with E-state index in [1.807, 2.05) is 42.5 Å². The lowest BCUT2D eigenvalue weighted by atomic mass is 10.0. The highest BCUT2D eigenvalue weighted by atomic mass is 35.5. The first kappa shape index (κ1) is 22.3. The van der Waals surface area contributed by atoms with Crippen molar-refractivity contribution in [1.82, 2.24) is 9.78 Å². The van der Waals surface area contributed by atoms with Gasteiger partial charge in [0.25, 0.3) is 0 Å². The summed E-state index contributed by atoms with van der Waals surface area (Å²) < 4.78 is 7.08. The fourth-order valence-electron chi connectivity index (χ4n) is 3.48. The number of carbonyl (C=O) groups excluding carboxylic acids is 1. The molecule has 7 heteroatoms. The van der Waals surface area contributed by atoms with Crippen LogP contribution in [0.4, 0.5) is 0 Å². The Morgan fingerprint density at radius 3 is 2.21 bits per heavy atom. The standard InChI is InChI=1S/C26H21ClN2O4/c27-21-13-11-19(12-14-21)25-20(16-29(28-25)22-9-5-2-6-10-22)15-24(30)33-17-23(26(31)32)18-7-3-1-4-8-18/h1-14,16,23H,15,17H2,(H,31,32). The largest absolute Gasteiger partial charge is 0.481 e. The Labute approximate surface area is 196 Å². The van der Waals surface area contributed by atoms with Crippen molar-refractivity contribution in [3.05, 3.63) is 107 Å². The van der Waals surface area contributed by atoms with E-state index in [1.165, 1.54) is 0 Å². The number of nitrogens with zero attached hydrogens (tertiary/aromatic N) is 2. The molecule has 0 amide bonds. The van der Waals surface area contributed by atoms with Crippen LogP contribution in [0.2, 0.25) is 5.02 Å². The van der Waals surface area contributed by atoms with Gasteiger partial charge in [0.1, 0.15) is 12.5 Å². The zero-order chi connectivity index (χ0) is 23.2. The average molecular weight is 461 g/mol. The maximum Gasteiger partial charge on any atom is 0.314 e. The van der Waals surface area contributed by atoms with Gasteiger partial charge < -0.3 is 9.84 Å². The minimum atomic E-state index is -1.05. The summed E-state index contributed by atoms with van der Waals surface area (Å²) in [7, 11) is 0. The van der Waals surface area contributed by atoms with Crippen LogP contribution < -0.4 is 0 Å². The van der Waals surface area contributed by atoms with Gasteiger partial charge in [0.05, 0.1) is 17.8 Å². The number of aromatic nitrogens is 2. The predicted octanol–water partition coefficient (Wildman–Crippen LogP) is 5.15. The summed E-state index contributed by atoms with van der Waals surface area (Å²) in [5.74, 6) is -2.51. The lowest BCUT2D eigenvalue weighted by molar-refractivity contribution is -0.147. The van der Waals surface area contributed by atoms with Crippen LogP contribution in [0, 0.1) is 0 Å². The zero-order valence-electron chi connectivity index (χ0n) is 17.6. The molecule has 1 aromatic heterocycles. The van der Waals surface area contributed by atoms with Gasteiger partial charge in [-0.05, 0) is 29.8 Å². The van der Waals surface area contributed by atoms with Gasteiger partial charge >= 0.3 is 11.9 Å². The first-order chi connectivity index (χ1) is 16.0. The second-order valence-corrected chi connectivity index (χ2v) is 7.89. The van der Waals surface area contributed by atoms with Crippen molar-refractivity contribution in [2.75, 3.05) is 6.61 Å². The Hall–Kier alpha value is -3.90. The predicted molar refractivity (Wildman–Crippen MR) is 125 cm³/mol. The highest BCUT2D eigenvalue weighted by Crippen LogP contribution is 2.26. The molecule has 0 fully saturated rings. The quantitative estimate of drug-likeness (QED) is 0.368. The van der Waals surface area contributed by atoms with Crippen LogP contribution in [-0.2, 0) is 20.7 Å². The first-order valence-electron chi connectivity index (χ1n) is 10.3. The fourth-order valence-corrected chi connectivity index (χ4v) is 3.61. The third-order valence-corrected chi connectivity index (χ3v) is 5.43. The monoisotopic (exact) mass is 460 g/mol. The summed E-state index contributed by atoms with van der Waals surface area (Å²) in [5.41, 5.74) is 3.53. The van der Waals surface area contributed by atoms with Crippen molar-refractivity contribution in [1.29, 1.82) is 0 Å². The molecule has 0 saturated carbocycles. The molecule has 33 heavy (non-hydrogen) atoms. The molecule has 4 aromatic rings. The Kier molecular flexibility index (Phi) is 6.86. The van der Waals surface area contributed by atoms with E-state index in [0.717, 1.165) is 11.3 Å². The van der Waals surface area contributed by atoms with Crippen molar-refractivity contribution in [2.24, 2.45) is 0 Å². The van der Waals surface area contributed by atoms with E-state index in [4.69, 9.17) is 16.3 Å². The molecule has 1 N–H and O–H groups in total. The molecule has 166 valence electrons. The minimum Gasteiger partial charge on any atom is -0.481 e. The lowest BCUT2D eigenvalue weighted by Gasteiger charge is -2.13. The van der Waals surface area contributed by atoms with Gasteiger partial charge in [0.2, 0.25) is 0 Å². The Morgan fingerprint density at radius 1 is 0.939 bits per heavy atom. The third kappa shape index (κ3) is 5.48. The van der Waals surface area contributed by atoms with E-state index in [-0.39, 0.29) is 13.0 Å². The van der Waals surface area contributed by atoms with Crippen LogP contribution in [0.1, 0.15) is 17.0 Å². The Morgan fingerprint density at radius 2 is 1.58 bits per heavy atom. The number of rotatable bonds is 8. The molecule has 3 aromatic carbocycles. The smallest absolute Gasteiger partial charge is 0.314 e. The highest BCUT2D eigenvalue weighted by molar-refractivity contribution is 6.30. The fraction of sp³-hybridized carbons (Fsp3) is 0.115. The van der Waals surface area contributed by atoms with Gasteiger partial charge in [-0.3, -0.25) is 9.59 Å². The van der Waals surface area contributed by atoms with Crippen molar-refractivity contribution in [2.45, 2.75) is 12.3 Å². The molecule has 1 unspecified atom stereocenters. The average Bonchev–Trinajstić information content (AvgIpc) is 3.24. The number of esters is 1. The molecule has 1 heterocycles. The Balaban J connectivity index is 1.56. The number of aliphatic carboxylic acids is 1. The van der Waals surface area contributed by atoms with Crippen molar-refractivity contribution in [3.63, 3.8) is 0 Å². The molecule has 1 atom stereocenters. The number of benzene rings is 3. The molecule has 4 rings (SSSR count). The normalized spacial score (nSPS) is 11.7. The van der Waals surface area contributed by atoms with E-state index in [2.05, 4.69) is 5.10 Å². The van der Waals surface area contributed by atoms with Crippen LogP contribution >= 0.6 is 11.6 Å². The molecule has 0 bridgehead atoms. The van der Waals surface area contributed by atoms with E-state index in [1.54, 1.807) is 53.3 Å². The number of para-hydroxylation sites is 1. The molecule has 0 aliphatic rings. The molecule has 0 spiro atoms. The van der Waals surface area contributed by atoms with Gasteiger partial charge in [-0.1, -0.05) is 72.3 Å². The molecule has 0 aliphatic heterocycles. The van der Waals surface area contributed by atoms with Gasteiger partial charge in [0, 0.05) is 22.3 Å². The number of halogens is 1. The SMILES string of the molecule is O=C(Cc1cn(-c2ccccc2)nc1-c1ccc(Cl)cc1)OCC(C(=O)O)c1ccccc1. The summed E-state index contributed by atoms with van der Waals surface area (Å²) >= 11 is 6.02. The summed E-state index contributed by atoms with van der Waals surface area (Å²) in [6, 6.07) is 25.5. The van der Waals surface area contributed by atoms with E-state index in [0.29, 0.717) is 21.8 Å². The molecule has 0 aliphatic carbocycles. The molecular weight excluding hydrogens is 440 g/mol. The van der Waals surface area contributed by atoms with Crippen molar-refractivity contribution < 1.29 is 19.4 Å². The number of ether oxygens (including phenoxy) is 1. The summed E-state index contributed by atoms with van der Waals surface area (Å²) in [6.45, 7) is -0.249. The molecule has 6 nitrogen and oxygen atoms in total. The van der Waals surface area contributed by atoms with Crippen molar-refractivity contribution in [3.8, 4) is 16.9 Å². The molecule has 0 radical (unpaired) electrons. The first-order valence-corrected chi connectivity index (χ1v) is 10.7. The maximum absolute atomic E-state index is 12.7. The number of carboxylic acid groups (broad SMARTS) is 1. The van der Waals surface area contributed by atoms with Gasteiger partial charge in [0.15, 0.2) is 0 Å². The third-order valence-electron chi connectivity index (χ3n) is 5.17. The van der Waals surface area contributed by atoms with Crippen LogP contribution in [0.3, 0.4) is 0 Å². The highest BCUT2D eigenvalue weighted by Gasteiger charge is 2.23. The van der Waals surface area contributed by atoms with Crippen LogP contribution in [0.15, 0.2) is 91.1 Å². The summed E-state index contributed by atoms with van der Waals surface area (Å²) in [5, 5.41) is 14.8. The molecular formula is C26H21ClN2O4. The number of carbonyl (C=O) groups is 2. The second-order valence-electron chi connectivity index (χ2n) is 7.45. The van der Waals surface area contributed by atoms with E-state index in [9.17, 15) is 14.7 Å². The Bertz CT molecular complexity index is 1240. The summed E-state index contributed by atoms with van der Waals surface area (Å²) in [6.07, 6.45) is 1.73. The topological polar surface area (TPSA) is 81.4 Å². The second kappa shape index (κ2) is 10.1.